The molecule has 4 aromatic rings. The van der Waals surface area contributed by atoms with Crippen molar-refractivity contribution in [2.75, 3.05) is 11.6 Å². The third-order valence-electron chi connectivity index (χ3n) is 8.19. The summed E-state index contributed by atoms with van der Waals surface area (Å²) in [5.74, 6) is -0.930. The van der Waals surface area contributed by atoms with Crippen molar-refractivity contribution in [3.8, 4) is 0 Å². The number of likely N-dealkylation sites (tertiary alicyclic amines) is 1. The van der Waals surface area contributed by atoms with Crippen LogP contribution in [0.4, 0.5) is 5.69 Å². The number of nitrogens with zero attached hydrogens (tertiary/aromatic N) is 2. The normalized spacial score (nSPS) is 23.3. The molecule has 0 radical (unpaired) electrons. The third-order valence-corrected chi connectivity index (χ3v) is 8.19. The van der Waals surface area contributed by atoms with E-state index < -0.39 is 0 Å². The molecule has 8 rings (SSSR count). The molecule has 176 valence electrons. The van der Waals surface area contributed by atoms with E-state index in [-0.39, 0.29) is 42.2 Å². The lowest BCUT2D eigenvalue weighted by molar-refractivity contribution is -0.140. The van der Waals surface area contributed by atoms with E-state index in [0.717, 1.165) is 11.3 Å². The fraction of sp³-hybridized carbons (Fsp3) is 0.188. The first-order chi connectivity index (χ1) is 17.7. The van der Waals surface area contributed by atoms with Crippen LogP contribution in [0.3, 0.4) is 0 Å². The Bertz CT molecular complexity index is 1350. The summed E-state index contributed by atoms with van der Waals surface area (Å²) < 4.78 is 0. The van der Waals surface area contributed by atoms with Gasteiger partial charge in [0.05, 0.1) is 11.8 Å². The molecule has 4 heteroatoms. The molecule has 1 aliphatic heterocycles. The topological polar surface area (TPSA) is 40.6 Å². The van der Waals surface area contributed by atoms with Gasteiger partial charge in [-0.2, -0.15) is 0 Å². The van der Waals surface area contributed by atoms with Crippen molar-refractivity contribution in [1.29, 1.82) is 0 Å². The Hall–Kier alpha value is -4.18. The molecule has 0 spiro atoms. The summed E-state index contributed by atoms with van der Waals surface area (Å²) >= 11 is 0. The lowest BCUT2D eigenvalue weighted by Gasteiger charge is -2.45. The number of carbonyl (C=O) groups is 2. The fourth-order valence-corrected chi connectivity index (χ4v) is 6.71. The van der Waals surface area contributed by atoms with E-state index in [2.05, 4.69) is 41.3 Å². The first-order valence-corrected chi connectivity index (χ1v) is 12.6. The van der Waals surface area contributed by atoms with Crippen LogP contribution in [0, 0.1) is 11.8 Å². The molecule has 0 unspecified atom stereocenters. The van der Waals surface area contributed by atoms with Gasteiger partial charge in [-0.15, -0.1) is 0 Å². The van der Waals surface area contributed by atoms with E-state index in [1.54, 1.807) is 0 Å². The lowest BCUT2D eigenvalue weighted by Crippen LogP contribution is -2.42. The zero-order chi connectivity index (χ0) is 24.2. The van der Waals surface area contributed by atoms with Crippen molar-refractivity contribution in [2.24, 2.45) is 11.8 Å². The smallest absolute Gasteiger partial charge is 0.235 e. The number of amides is 2. The molecule has 3 aliphatic carbocycles. The van der Waals surface area contributed by atoms with E-state index in [9.17, 15) is 9.59 Å². The summed E-state index contributed by atoms with van der Waals surface area (Å²) in [6, 6.07) is 37.0. The summed E-state index contributed by atoms with van der Waals surface area (Å²) in [6.07, 6.45) is 0. The Labute approximate surface area is 210 Å². The molecule has 2 amide bonds. The number of para-hydroxylation sites is 1. The Balaban J connectivity index is 1.28. The van der Waals surface area contributed by atoms with E-state index in [1.807, 2.05) is 72.8 Å². The molecule has 1 fully saturated rings. The number of benzene rings is 4. The van der Waals surface area contributed by atoms with Crippen LogP contribution in [-0.4, -0.2) is 23.4 Å². The molecule has 1 saturated heterocycles. The standard InChI is InChI=1S/C32H26N2O2/c35-31-29-27-23-15-7-8-16-24(23)28(26-18-10-9-17-25(26)27)30(29)32(36)34(31)20-33(22-13-5-2-6-14-22)19-21-11-3-1-4-12-21/h1-18,27-30H,19-20H2/t27?,28?,29-,30-/m1/s1. The van der Waals surface area contributed by atoms with E-state index in [1.165, 1.54) is 27.2 Å². The molecule has 4 aliphatic rings. The highest BCUT2D eigenvalue weighted by Crippen LogP contribution is 2.60. The molecule has 2 atom stereocenters. The average molecular weight is 471 g/mol. The van der Waals surface area contributed by atoms with Crippen molar-refractivity contribution in [3.05, 3.63) is 137 Å². The Morgan fingerprint density at radius 2 is 0.972 bits per heavy atom. The summed E-state index contributed by atoms with van der Waals surface area (Å²) in [7, 11) is 0. The van der Waals surface area contributed by atoms with Crippen molar-refractivity contribution in [2.45, 2.75) is 18.4 Å². The lowest BCUT2D eigenvalue weighted by atomic mass is 9.55. The maximum Gasteiger partial charge on any atom is 0.235 e. The predicted molar refractivity (Wildman–Crippen MR) is 139 cm³/mol. The van der Waals surface area contributed by atoms with Crippen LogP contribution in [0.2, 0.25) is 0 Å². The molecule has 0 N–H and O–H groups in total. The highest BCUT2D eigenvalue weighted by atomic mass is 16.2. The van der Waals surface area contributed by atoms with E-state index >= 15 is 0 Å². The highest BCUT2D eigenvalue weighted by molar-refractivity contribution is 6.07. The second-order valence-electron chi connectivity index (χ2n) is 10.0. The number of hydrogen-bond acceptors (Lipinski definition) is 3. The van der Waals surface area contributed by atoms with Crippen LogP contribution in [0.15, 0.2) is 109 Å². The van der Waals surface area contributed by atoms with Gasteiger partial charge in [0, 0.05) is 24.1 Å². The van der Waals surface area contributed by atoms with Gasteiger partial charge >= 0.3 is 0 Å². The first-order valence-electron chi connectivity index (χ1n) is 12.6. The zero-order valence-corrected chi connectivity index (χ0v) is 19.8. The molecule has 4 nitrogen and oxygen atoms in total. The monoisotopic (exact) mass is 470 g/mol. The van der Waals surface area contributed by atoms with Gasteiger partial charge in [0.1, 0.15) is 6.67 Å². The number of carbonyl (C=O) groups excluding carboxylic acids is 2. The van der Waals surface area contributed by atoms with Crippen LogP contribution in [0.5, 0.6) is 0 Å². The number of imide groups is 1. The highest BCUT2D eigenvalue weighted by Gasteiger charge is 2.61. The molecule has 0 aromatic heterocycles. The maximum absolute atomic E-state index is 14.1. The summed E-state index contributed by atoms with van der Waals surface area (Å²) in [4.78, 5) is 31.8. The number of rotatable bonds is 5. The van der Waals surface area contributed by atoms with Crippen LogP contribution < -0.4 is 4.90 Å². The van der Waals surface area contributed by atoms with Gasteiger partial charge in [-0.1, -0.05) is 97.1 Å². The minimum Gasteiger partial charge on any atom is -0.349 e. The molecule has 1 heterocycles. The van der Waals surface area contributed by atoms with Crippen LogP contribution in [0.1, 0.15) is 39.7 Å². The second kappa shape index (κ2) is 8.20. The minimum atomic E-state index is -0.346. The molecule has 36 heavy (non-hydrogen) atoms. The van der Waals surface area contributed by atoms with Crippen molar-refractivity contribution in [3.63, 3.8) is 0 Å². The largest absolute Gasteiger partial charge is 0.349 e. The van der Waals surface area contributed by atoms with Crippen molar-refractivity contribution in [1.82, 2.24) is 4.90 Å². The minimum absolute atomic E-state index is 0.0435. The quantitative estimate of drug-likeness (QED) is 0.360. The Kier molecular flexibility index (Phi) is 4.81. The maximum atomic E-state index is 14.1. The first kappa shape index (κ1) is 21.1. The van der Waals surface area contributed by atoms with Gasteiger partial charge < -0.3 is 4.90 Å². The van der Waals surface area contributed by atoms with Gasteiger partial charge in [0.15, 0.2) is 0 Å². The van der Waals surface area contributed by atoms with Crippen LogP contribution in [0.25, 0.3) is 0 Å². The van der Waals surface area contributed by atoms with Gasteiger partial charge in [-0.3, -0.25) is 14.5 Å². The number of hydrogen-bond donors (Lipinski definition) is 0. The molecule has 4 aromatic carbocycles. The van der Waals surface area contributed by atoms with E-state index in [4.69, 9.17) is 0 Å². The van der Waals surface area contributed by atoms with E-state index in [0.29, 0.717) is 6.54 Å². The average Bonchev–Trinajstić information content (AvgIpc) is 3.19. The molecular weight excluding hydrogens is 444 g/mol. The molecular formula is C32H26N2O2. The van der Waals surface area contributed by atoms with Crippen LogP contribution >= 0.6 is 0 Å². The van der Waals surface area contributed by atoms with Crippen molar-refractivity contribution < 1.29 is 9.59 Å². The summed E-state index contributed by atoms with van der Waals surface area (Å²) in [6.45, 7) is 0.861. The zero-order valence-electron chi connectivity index (χ0n) is 19.8. The summed E-state index contributed by atoms with van der Waals surface area (Å²) in [5, 5.41) is 0. The van der Waals surface area contributed by atoms with Gasteiger partial charge in [-0.25, -0.2) is 0 Å². The predicted octanol–water partition coefficient (Wildman–Crippen LogP) is 5.54. The van der Waals surface area contributed by atoms with Crippen LogP contribution in [-0.2, 0) is 16.1 Å². The Morgan fingerprint density at radius 1 is 0.556 bits per heavy atom. The SMILES string of the molecule is O=C1[C@@H]2C3c4ccccc4C(c4ccccc43)[C@H]2C(=O)N1CN(Cc1ccccc1)c1ccccc1. The van der Waals surface area contributed by atoms with Gasteiger partial charge in [0.2, 0.25) is 11.8 Å². The van der Waals surface area contributed by atoms with Crippen molar-refractivity contribution >= 4 is 17.5 Å². The van der Waals surface area contributed by atoms with Gasteiger partial charge in [0.25, 0.3) is 0 Å². The summed E-state index contributed by atoms with van der Waals surface area (Å²) in [5.41, 5.74) is 6.94. The Morgan fingerprint density at radius 3 is 1.44 bits per heavy atom. The molecule has 0 saturated carbocycles. The third kappa shape index (κ3) is 3.07. The second-order valence-corrected chi connectivity index (χ2v) is 10.0. The molecule has 2 bridgehead atoms. The number of anilines is 1. The van der Waals surface area contributed by atoms with Gasteiger partial charge in [-0.05, 0) is 39.9 Å². The fourth-order valence-electron chi connectivity index (χ4n) is 6.71.